The second-order valence-electron chi connectivity index (χ2n) is 4.97. The van der Waals surface area contributed by atoms with Crippen molar-refractivity contribution in [3.8, 4) is 0 Å². The lowest BCUT2D eigenvalue weighted by Gasteiger charge is -2.24. The highest BCUT2D eigenvalue weighted by Gasteiger charge is 2.31. The molecule has 0 saturated heterocycles. The Bertz CT molecular complexity index is 739. The third-order valence-electron chi connectivity index (χ3n) is 3.67. The van der Waals surface area contributed by atoms with E-state index in [4.69, 9.17) is 0 Å². The van der Waals surface area contributed by atoms with E-state index in [-0.39, 0.29) is 0 Å². The van der Waals surface area contributed by atoms with Gasteiger partial charge in [0.1, 0.15) is 0 Å². The number of aromatic nitrogens is 2. The smallest absolute Gasteiger partial charge is 0.290 e. The van der Waals surface area contributed by atoms with Crippen LogP contribution in [0, 0.1) is 0 Å². The van der Waals surface area contributed by atoms with Gasteiger partial charge in [-0.25, -0.2) is 4.57 Å². The van der Waals surface area contributed by atoms with Gasteiger partial charge in [-0.15, -0.1) is 0 Å². The van der Waals surface area contributed by atoms with Crippen molar-refractivity contribution in [3.05, 3.63) is 53.3 Å². The zero-order valence-electron chi connectivity index (χ0n) is 11.5. The Balaban J connectivity index is 2.25. The van der Waals surface area contributed by atoms with E-state index in [1.165, 1.54) is 16.7 Å². The normalized spacial score (nSPS) is 14.2. The van der Waals surface area contributed by atoms with Gasteiger partial charge in [0.15, 0.2) is 0 Å². The van der Waals surface area contributed by atoms with E-state index in [1.807, 2.05) is 18.3 Å². The number of aryl methyl sites for hydroxylation is 1. The van der Waals surface area contributed by atoms with Gasteiger partial charge in [-0.05, 0) is 37.9 Å². The van der Waals surface area contributed by atoms with Crippen LogP contribution >= 0.6 is 0 Å². The molecule has 0 N–H and O–H groups in total. The fraction of sp³-hybridized carbons (Fsp3) is 0.200. The Labute approximate surface area is 113 Å². The molecule has 0 radical (unpaired) electrons. The summed E-state index contributed by atoms with van der Waals surface area (Å²) in [7, 11) is 2.08. The number of nitrogens with zero attached hydrogens (tertiary/aromatic N) is 3. The molecule has 1 aliphatic heterocycles. The number of fused-ring (bicyclic) bond motifs is 1. The van der Waals surface area contributed by atoms with Crippen molar-refractivity contribution in [3.63, 3.8) is 0 Å². The summed E-state index contributed by atoms with van der Waals surface area (Å²) in [5, 5.41) is 2.30. The highest BCUT2D eigenvalue weighted by molar-refractivity contribution is 6.77. The molecule has 2 aromatic rings. The van der Waals surface area contributed by atoms with Crippen molar-refractivity contribution in [1.29, 1.82) is 0 Å². The molecule has 3 rings (SSSR count). The first-order valence-corrected chi connectivity index (χ1v) is 6.56. The van der Waals surface area contributed by atoms with E-state index < -0.39 is 0 Å². The molecule has 0 saturated carbocycles. The molecule has 0 fully saturated rings. The first kappa shape index (κ1) is 12.0. The maximum Gasteiger partial charge on any atom is 0.404 e. The summed E-state index contributed by atoms with van der Waals surface area (Å²) in [5.41, 5.74) is 1.25. The van der Waals surface area contributed by atoms with Gasteiger partial charge in [-0.3, -0.25) is 9.79 Å². The number of hydrogen-bond donors (Lipinski definition) is 0. The number of rotatable bonds is 1. The van der Waals surface area contributed by atoms with E-state index >= 15 is 0 Å². The second-order valence-corrected chi connectivity index (χ2v) is 4.97. The quantitative estimate of drug-likeness (QED) is 0.542. The minimum atomic E-state index is 0.302. The predicted octanol–water partition coefficient (Wildman–Crippen LogP) is 0.495. The van der Waals surface area contributed by atoms with Gasteiger partial charge in [0, 0.05) is 17.5 Å². The minimum Gasteiger partial charge on any atom is -0.290 e. The summed E-state index contributed by atoms with van der Waals surface area (Å²) in [4.78, 5) is 6.81. The maximum absolute atomic E-state index is 4.46. The summed E-state index contributed by atoms with van der Waals surface area (Å²) >= 11 is 0. The summed E-state index contributed by atoms with van der Waals surface area (Å²) in [5.74, 6) is 3.41. The number of hydrogen-bond acceptors (Lipinski definition) is 2. The van der Waals surface area contributed by atoms with Crippen LogP contribution in [0.2, 0.25) is 6.82 Å². The molecule has 2 aromatic heterocycles. The average molecular weight is 250 g/mol. The Morgan fingerprint density at radius 1 is 1.21 bits per heavy atom. The van der Waals surface area contributed by atoms with Crippen molar-refractivity contribution in [2.45, 2.75) is 13.7 Å². The first-order valence-electron chi connectivity index (χ1n) is 6.56. The van der Waals surface area contributed by atoms with Crippen molar-refractivity contribution in [2.24, 2.45) is 7.05 Å². The SMILES string of the molecule is CB1C=c2ncccc2=C(C)N1c1cccc[n+]1C. The van der Waals surface area contributed by atoms with Crippen LogP contribution in [0.15, 0.2) is 42.7 Å². The lowest BCUT2D eigenvalue weighted by Crippen LogP contribution is -2.51. The van der Waals surface area contributed by atoms with Gasteiger partial charge in [0.2, 0.25) is 0 Å². The molecule has 0 aliphatic carbocycles. The Hall–Kier alpha value is -2.10. The van der Waals surface area contributed by atoms with Gasteiger partial charge in [-0.2, -0.15) is 0 Å². The molecule has 0 atom stereocenters. The summed E-state index contributed by atoms with van der Waals surface area (Å²) < 4.78 is 2.15. The zero-order chi connectivity index (χ0) is 13.4. The van der Waals surface area contributed by atoms with Gasteiger partial charge in [-0.1, -0.05) is 6.07 Å². The average Bonchev–Trinajstić information content (AvgIpc) is 2.41. The third kappa shape index (κ3) is 1.93. The summed E-state index contributed by atoms with van der Waals surface area (Å²) in [6.45, 7) is 4.67. The predicted molar refractivity (Wildman–Crippen MR) is 78.7 cm³/mol. The van der Waals surface area contributed by atoms with E-state index in [0.29, 0.717) is 6.85 Å². The van der Waals surface area contributed by atoms with Crippen molar-refractivity contribution >= 4 is 24.3 Å². The second kappa shape index (κ2) is 4.54. The fourth-order valence-corrected chi connectivity index (χ4v) is 2.74. The molecular formula is C15H17BN3+. The zero-order valence-corrected chi connectivity index (χ0v) is 11.5. The van der Waals surface area contributed by atoms with E-state index in [2.05, 4.69) is 65.5 Å². The number of pyridine rings is 2. The van der Waals surface area contributed by atoms with Gasteiger partial charge in [0.05, 0.1) is 24.3 Å². The van der Waals surface area contributed by atoms with Crippen molar-refractivity contribution in [2.75, 3.05) is 4.81 Å². The minimum absolute atomic E-state index is 0.302. The van der Waals surface area contributed by atoms with E-state index in [0.717, 1.165) is 5.35 Å². The molecule has 1 aliphatic rings. The van der Waals surface area contributed by atoms with Crippen LogP contribution in [0.5, 0.6) is 0 Å². The topological polar surface area (TPSA) is 20.0 Å². The van der Waals surface area contributed by atoms with Crippen molar-refractivity contribution < 1.29 is 4.57 Å². The van der Waals surface area contributed by atoms with Gasteiger partial charge < -0.3 is 0 Å². The Morgan fingerprint density at radius 3 is 2.84 bits per heavy atom. The van der Waals surface area contributed by atoms with E-state index in [9.17, 15) is 0 Å². The largest absolute Gasteiger partial charge is 0.404 e. The maximum atomic E-state index is 4.46. The lowest BCUT2D eigenvalue weighted by molar-refractivity contribution is -0.658. The van der Waals surface area contributed by atoms with Crippen LogP contribution in [0.1, 0.15) is 6.92 Å². The molecule has 4 heteroatoms. The van der Waals surface area contributed by atoms with Crippen LogP contribution < -0.4 is 19.9 Å². The monoisotopic (exact) mass is 250 g/mol. The fourth-order valence-electron chi connectivity index (χ4n) is 2.74. The van der Waals surface area contributed by atoms with Crippen LogP contribution in [-0.4, -0.2) is 11.8 Å². The Kier molecular flexibility index (Phi) is 2.86. The molecule has 0 unspecified atom stereocenters. The molecular weight excluding hydrogens is 233 g/mol. The lowest BCUT2D eigenvalue weighted by atomic mass is 9.61. The standard InChI is InChI=1S/C15H17BN3/c1-12-13-7-6-9-17-14(13)11-16(2)19(12)15-8-4-5-10-18(15)3/h4-11H,1-3H3/q+1. The molecule has 0 aromatic carbocycles. The highest BCUT2D eigenvalue weighted by atomic mass is 15.2. The van der Waals surface area contributed by atoms with Crippen LogP contribution in [0.4, 0.5) is 5.82 Å². The van der Waals surface area contributed by atoms with Gasteiger partial charge >= 0.3 is 6.85 Å². The van der Waals surface area contributed by atoms with E-state index in [1.54, 1.807) is 0 Å². The molecule has 19 heavy (non-hydrogen) atoms. The molecule has 0 bridgehead atoms. The highest BCUT2D eigenvalue weighted by Crippen LogP contribution is 2.17. The first-order chi connectivity index (χ1) is 9.18. The molecule has 3 nitrogen and oxygen atoms in total. The van der Waals surface area contributed by atoms with Crippen LogP contribution in [-0.2, 0) is 7.05 Å². The summed E-state index contributed by atoms with van der Waals surface area (Å²) in [6.07, 6.45) is 3.93. The summed E-state index contributed by atoms with van der Waals surface area (Å²) in [6, 6.07) is 10.4. The van der Waals surface area contributed by atoms with Crippen LogP contribution in [0.3, 0.4) is 0 Å². The third-order valence-corrected chi connectivity index (χ3v) is 3.67. The molecule has 3 heterocycles. The molecule has 0 spiro atoms. The van der Waals surface area contributed by atoms with Crippen LogP contribution in [0.25, 0.3) is 11.7 Å². The number of anilines is 1. The Morgan fingerprint density at radius 2 is 2.05 bits per heavy atom. The molecule has 94 valence electrons. The van der Waals surface area contributed by atoms with Crippen molar-refractivity contribution in [1.82, 2.24) is 4.98 Å². The molecule has 0 amide bonds. The van der Waals surface area contributed by atoms with Gasteiger partial charge in [0.25, 0.3) is 5.82 Å².